The van der Waals surface area contributed by atoms with Crippen molar-refractivity contribution in [1.82, 2.24) is 15.0 Å². The number of hydrogen-bond acceptors (Lipinski definition) is 4. The fourth-order valence-corrected chi connectivity index (χ4v) is 2.01. The first-order chi connectivity index (χ1) is 9.79. The highest BCUT2D eigenvalue weighted by molar-refractivity contribution is 6.32. The van der Waals surface area contributed by atoms with Crippen LogP contribution in [0.2, 0.25) is 5.02 Å². The molecule has 0 aliphatic carbocycles. The molecule has 0 saturated heterocycles. The SMILES string of the molecule is NCCCCc1cn(CCOc2ccccc2Cl)nn1. The zero-order chi connectivity index (χ0) is 14.2. The molecule has 20 heavy (non-hydrogen) atoms. The number of nitrogens with two attached hydrogens (primary N) is 1. The minimum atomic E-state index is 0.509. The first-order valence-electron chi connectivity index (χ1n) is 6.76. The molecule has 2 aromatic rings. The van der Waals surface area contributed by atoms with Crippen LogP contribution < -0.4 is 10.5 Å². The van der Waals surface area contributed by atoms with E-state index >= 15 is 0 Å². The van der Waals surface area contributed by atoms with Gasteiger partial charge >= 0.3 is 0 Å². The van der Waals surface area contributed by atoms with Gasteiger partial charge in [0.2, 0.25) is 0 Å². The molecule has 0 amide bonds. The van der Waals surface area contributed by atoms with Crippen LogP contribution in [0, 0.1) is 0 Å². The molecule has 0 atom stereocenters. The highest BCUT2D eigenvalue weighted by atomic mass is 35.5. The molecule has 0 aliphatic rings. The number of nitrogens with zero attached hydrogens (tertiary/aromatic N) is 3. The van der Waals surface area contributed by atoms with E-state index in [1.165, 1.54) is 0 Å². The molecule has 0 unspecified atom stereocenters. The van der Waals surface area contributed by atoms with Crippen molar-refractivity contribution in [2.75, 3.05) is 13.2 Å². The largest absolute Gasteiger partial charge is 0.490 e. The van der Waals surface area contributed by atoms with Gasteiger partial charge in [-0.1, -0.05) is 28.9 Å². The summed E-state index contributed by atoms with van der Waals surface area (Å²) in [7, 11) is 0. The van der Waals surface area contributed by atoms with E-state index in [2.05, 4.69) is 10.3 Å². The lowest BCUT2D eigenvalue weighted by Gasteiger charge is -2.07. The van der Waals surface area contributed by atoms with E-state index in [0.717, 1.165) is 31.5 Å². The van der Waals surface area contributed by atoms with E-state index in [-0.39, 0.29) is 0 Å². The second kappa shape index (κ2) is 7.87. The molecule has 1 aromatic carbocycles. The number of para-hydroxylation sites is 1. The van der Waals surface area contributed by atoms with Crippen molar-refractivity contribution < 1.29 is 4.74 Å². The Morgan fingerprint density at radius 2 is 2.10 bits per heavy atom. The van der Waals surface area contributed by atoms with E-state index in [9.17, 15) is 0 Å². The Labute approximate surface area is 123 Å². The van der Waals surface area contributed by atoms with Gasteiger partial charge in [0, 0.05) is 6.20 Å². The van der Waals surface area contributed by atoms with Gasteiger partial charge in [-0.05, 0) is 37.9 Å². The minimum Gasteiger partial charge on any atom is -0.490 e. The summed E-state index contributed by atoms with van der Waals surface area (Å²) in [6.45, 7) is 1.88. The van der Waals surface area contributed by atoms with E-state index < -0.39 is 0 Å². The van der Waals surface area contributed by atoms with E-state index in [0.29, 0.717) is 23.9 Å². The first kappa shape index (κ1) is 14.8. The highest BCUT2D eigenvalue weighted by Gasteiger charge is 2.02. The molecule has 0 fully saturated rings. The number of ether oxygens (including phenoxy) is 1. The van der Waals surface area contributed by atoms with Crippen LogP contribution in [-0.4, -0.2) is 28.1 Å². The fourth-order valence-electron chi connectivity index (χ4n) is 1.82. The third kappa shape index (κ3) is 4.51. The summed E-state index contributed by atoms with van der Waals surface area (Å²) < 4.78 is 7.40. The molecule has 5 nitrogen and oxygen atoms in total. The third-order valence-corrected chi connectivity index (χ3v) is 3.20. The van der Waals surface area contributed by atoms with Crippen LogP contribution in [0.3, 0.4) is 0 Å². The summed E-state index contributed by atoms with van der Waals surface area (Å²) >= 11 is 6.01. The lowest BCUT2D eigenvalue weighted by Crippen LogP contribution is -2.08. The Morgan fingerprint density at radius 3 is 2.90 bits per heavy atom. The molecule has 2 N–H and O–H groups in total. The quantitative estimate of drug-likeness (QED) is 0.759. The summed E-state index contributed by atoms with van der Waals surface area (Å²) in [6.07, 6.45) is 4.93. The monoisotopic (exact) mass is 294 g/mol. The van der Waals surface area contributed by atoms with Crippen LogP contribution in [0.1, 0.15) is 18.5 Å². The Kier molecular flexibility index (Phi) is 5.83. The van der Waals surface area contributed by atoms with Gasteiger partial charge in [-0.25, -0.2) is 4.68 Å². The Balaban J connectivity index is 1.75. The summed E-state index contributed by atoms with van der Waals surface area (Å²) in [5.74, 6) is 0.692. The molecule has 0 bridgehead atoms. The van der Waals surface area contributed by atoms with E-state index in [1.54, 1.807) is 4.68 Å². The second-order valence-corrected chi connectivity index (χ2v) is 4.90. The summed E-state index contributed by atoms with van der Waals surface area (Å²) in [6, 6.07) is 7.43. The number of halogens is 1. The number of aryl methyl sites for hydroxylation is 1. The van der Waals surface area contributed by atoms with Crippen molar-refractivity contribution in [3.63, 3.8) is 0 Å². The average Bonchev–Trinajstić information content (AvgIpc) is 2.89. The summed E-state index contributed by atoms with van der Waals surface area (Å²) in [4.78, 5) is 0. The van der Waals surface area contributed by atoms with Gasteiger partial charge in [0.1, 0.15) is 12.4 Å². The molecule has 0 spiro atoms. The molecular formula is C14H19ClN4O. The van der Waals surface area contributed by atoms with Crippen LogP contribution in [0.25, 0.3) is 0 Å². The van der Waals surface area contributed by atoms with Crippen LogP contribution in [0.15, 0.2) is 30.5 Å². The van der Waals surface area contributed by atoms with Gasteiger partial charge in [-0.15, -0.1) is 5.10 Å². The van der Waals surface area contributed by atoms with Gasteiger partial charge in [0.05, 0.1) is 17.3 Å². The predicted octanol–water partition coefficient (Wildman–Crippen LogP) is 2.29. The normalized spacial score (nSPS) is 10.7. The third-order valence-electron chi connectivity index (χ3n) is 2.89. The first-order valence-corrected chi connectivity index (χ1v) is 7.14. The van der Waals surface area contributed by atoms with Crippen molar-refractivity contribution in [2.24, 2.45) is 5.73 Å². The molecule has 0 saturated carbocycles. The number of hydrogen-bond donors (Lipinski definition) is 1. The molecule has 1 heterocycles. The topological polar surface area (TPSA) is 66.0 Å². The van der Waals surface area contributed by atoms with E-state index in [4.69, 9.17) is 22.1 Å². The molecule has 108 valence electrons. The maximum atomic E-state index is 6.01. The Bertz CT molecular complexity index is 529. The number of unbranched alkanes of at least 4 members (excludes halogenated alkanes) is 1. The molecule has 6 heteroatoms. The predicted molar refractivity (Wildman–Crippen MR) is 79.0 cm³/mol. The lowest BCUT2D eigenvalue weighted by molar-refractivity contribution is 0.290. The molecule has 0 radical (unpaired) electrons. The zero-order valence-electron chi connectivity index (χ0n) is 11.3. The Morgan fingerprint density at radius 1 is 1.25 bits per heavy atom. The van der Waals surface area contributed by atoms with Crippen LogP contribution in [-0.2, 0) is 13.0 Å². The van der Waals surface area contributed by atoms with Gasteiger partial charge < -0.3 is 10.5 Å². The van der Waals surface area contributed by atoms with Crippen LogP contribution in [0.5, 0.6) is 5.75 Å². The standard InChI is InChI=1S/C14H19ClN4O/c15-13-6-1-2-7-14(13)20-10-9-19-11-12(17-18-19)5-3-4-8-16/h1-2,6-7,11H,3-5,8-10,16H2. The van der Waals surface area contributed by atoms with Gasteiger partial charge in [-0.3, -0.25) is 0 Å². The number of benzene rings is 1. The van der Waals surface area contributed by atoms with Crippen molar-refractivity contribution in [3.8, 4) is 5.75 Å². The molecule has 1 aromatic heterocycles. The van der Waals surface area contributed by atoms with Crippen molar-refractivity contribution in [1.29, 1.82) is 0 Å². The van der Waals surface area contributed by atoms with Crippen molar-refractivity contribution >= 4 is 11.6 Å². The highest BCUT2D eigenvalue weighted by Crippen LogP contribution is 2.22. The maximum Gasteiger partial charge on any atom is 0.137 e. The zero-order valence-corrected chi connectivity index (χ0v) is 12.1. The summed E-state index contributed by atoms with van der Waals surface area (Å²) in [5.41, 5.74) is 6.46. The number of aromatic nitrogens is 3. The van der Waals surface area contributed by atoms with E-state index in [1.807, 2.05) is 30.5 Å². The second-order valence-electron chi connectivity index (χ2n) is 4.50. The van der Waals surface area contributed by atoms with Crippen LogP contribution in [0.4, 0.5) is 0 Å². The van der Waals surface area contributed by atoms with Gasteiger partial charge in [-0.2, -0.15) is 0 Å². The molecule has 0 aliphatic heterocycles. The van der Waals surface area contributed by atoms with Gasteiger partial charge in [0.15, 0.2) is 0 Å². The number of rotatable bonds is 8. The summed E-state index contributed by atoms with van der Waals surface area (Å²) in [5, 5.41) is 8.81. The van der Waals surface area contributed by atoms with Crippen molar-refractivity contribution in [2.45, 2.75) is 25.8 Å². The van der Waals surface area contributed by atoms with Crippen LogP contribution >= 0.6 is 11.6 Å². The fraction of sp³-hybridized carbons (Fsp3) is 0.429. The molecule has 2 rings (SSSR count). The molecular weight excluding hydrogens is 276 g/mol. The maximum absolute atomic E-state index is 6.01. The smallest absolute Gasteiger partial charge is 0.137 e. The lowest BCUT2D eigenvalue weighted by atomic mass is 10.2. The minimum absolute atomic E-state index is 0.509. The Hall–Kier alpha value is -1.59. The average molecular weight is 295 g/mol. The van der Waals surface area contributed by atoms with Gasteiger partial charge in [0.25, 0.3) is 0 Å². The van der Waals surface area contributed by atoms with Crippen molar-refractivity contribution in [3.05, 3.63) is 41.2 Å².